The van der Waals surface area contributed by atoms with E-state index in [1.807, 2.05) is 24.3 Å². The molecule has 2 aromatic carbocycles. The predicted octanol–water partition coefficient (Wildman–Crippen LogP) is 5.57. The molecule has 2 heterocycles. The smallest absolute Gasteiger partial charge is 0.314 e. The third kappa shape index (κ3) is 3.10. The van der Waals surface area contributed by atoms with Crippen molar-refractivity contribution in [2.45, 2.75) is 0 Å². The van der Waals surface area contributed by atoms with E-state index in [0.29, 0.717) is 20.9 Å². The number of halogens is 1. The first-order valence-electron chi connectivity index (χ1n) is 7.59. The van der Waals surface area contributed by atoms with E-state index in [4.69, 9.17) is 11.6 Å². The predicted molar refractivity (Wildman–Crippen MR) is 101 cm³/mol. The van der Waals surface area contributed by atoms with Crippen LogP contribution < -0.4 is 0 Å². The summed E-state index contributed by atoms with van der Waals surface area (Å²) in [5.74, 6) is -0.722. The number of aromatic amines is 1. The number of fused-ring (bicyclic) bond motifs is 1. The molecule has 26 heavy (non-hydrogen) atoms. The monoisotopic (exact) mass is 382 g/mol. The molecule has 4 rings (SSSR count). The molecule has 0 unspecified atom stereocenters. The maximum atomic E-state index is 12.3. The maximum Gasteiger partial charge on any atom is 0.314 e. The quantitative estimate of drug-likeness (QED) is 0.453. The Labute approximate surface area is 156 Å². The molecule has 0 aliphatic carbocycles. The lowest BCUT2D eigenvalue weighted by Gasteiger charge is -1.95. The van der Waals surface area contributed by atoms with Crippen LogP contribution >= 0.6 is 22.9 Å². The average molecular weight is 383 g/mol. The zero-order valence-electron chi connectivity index (χ0n) is 13.2. The minimum absolute atomic E-state index is 0.138. The number of nitrogens with one attached hydrogen (secondary N) is 1. The van der Waals surface area contributed by atoms with Crippen molar-refractivity contribution in [1.82, 2.24) is 9.97 Å². The van der Waals surface area contributed by atoms with E-state index in [2.05, 4.69) is 20.2 Å². The number of carbonyl (C=O) groups is 1. The van der Waals surface area contributed by atoms with Gasteiger partial charge in [0.25, 0.3) is 0 Å². The van der Waals surface area contributed by atoms with Crippen LogP contribution in [0.1, 0.15) is 10.5 Å². The number of aromatic nitrogens is 2. The first-order chi connectivity index (χ1) is 12.6. The number of para-hydroxylation sites is 1. The van der Waals surface area contributed by atoms with Crippen molar-refractivity contribution in [3.8, 4) is 16.5 Å². The summed E-state index contributed by atoms with van der Waals surface area (Å²) >= 11 is 7.30. The molecule has 6 nitrogen and oxygen atoms in total. The Morgan fingerprint density at radius 3 is 2.88 bits per heavy atom. The Morgan fingerprint density at radius 1 is 1.19 bits per heavy atom. The summed E-state index contributed by atoms with van der Waals surface area (Å²) in [7, 11) is 0. The van der Waals surface area contributed by atoms with E-state index < -0.39 is 5.91 Å². The van der Waals surface area contributed by atoms with Gasteiger partial charge in [-0.25, -0.2) is 4.98 Å². The maximum absolute atomic E-state index is 12.3. The van der Waals surface area contributed by atoms with Crippen LogP contribution in [0.3, 0.4) is 0 Å². The van der Waals surface area contributed by atoms with Crippen LogP contribution in [0.4, 0.5) is 5.69 Å². The molecule has 0 saturated carbocycles. The number of H-pyrrole nitrogens is 1. The Hall–Kier alpha value is -3.03. The third-order valence-electron chi connectivity index (χ3n) is 3.70. The summed E-state index contributed by atoms with van der Waals surface area (Å²) < 4.78 is 0. The summed E-state index contributed by atoms with van der Waals surface area (Å²) in [6.07, 6.45) is 0. The van der Waals surface area contributed by atoms with Gasteiger partial charge >= 0.3 is 5.91 Å². The lowest BCUT2D eigenvalue weighted by Crippen LogP contribution is -1.93. The fraction of sp³-hybridized carbons (Fsp3) is 0. The lowest BCUT2D eigenvalue weighted by molar-refractivity contribution is 0.0991. The van der Waals surface area contributed by atoms with E-state index >= 15 is 0 Å². The standard InChI is InChI=1S/C18H11ClN4O2S/c19-11-5-3-4-10(8-11)18-21-14(9-26-18)16(24)23-22-15-12-6-1-2-7-13(12)20-17(15)25/h1-9,20,25H. The third-order valence-corrected chi connectivity index (χ3v) is 4.82. The number of azo groups is 1. The van der Waals surface area contributed by atoms with Gasteiger partial charge in [-0.15, -0.1) is 21.6 Å². The lowest BCUT2D eigenvalue weighted by atomic mass is 10.2. The second-order valence-corrected chi connectivity index (χ2v) is 6.72. The van der Waals surface area contributed by atoms with Crippen molar-refractivity contribution in [1.29, 1.82) is 0 Å². The minimum atomic E-state index is -0.584. The second-order valence-electron chi connectivity index (χ2n) is 5.42. The molecule has 0 bridgehead atoms. The summed E-state index contributed by atoms with van der Waals surface area (Å²) in [5.41, 5.74) is 1.95. The van der Waals surface area contributed by atoms with Crippen LogP contribution in [0.25, 0.3) is 21.5 Å². The molecule has 0 fully saturated rings. The SMILES string of the molecule is O=C(N=Nc1c(O)[nH]c2ccccc12)c1csc(-c2cccc(Cl)c2)n1. The van der Waals surface area contributed by atoms with Crippen molar-refractivity contribution in [3.63, 3.8) is 0 Å². The van der Waals surface area contributed by atoms with Crippen LogP contribution in [0.5, 0.6) is 5.88 Å². The van der Waals surface area contributed by atoms with Crippen LogP contribution in [-0.4, -0.2) is 21.0 Å². The molecule has 0 saturated heterocycles. The Balaban J connectivity index is 1.60. The van der Waals surface area contributed by atoms with Gasteiger partial charge in [0.15, 0.2) is 5.69 Å². The molecule has 0 aliphatic rings. The molecular weight excluding hydrogens is 372 g/mol. The Bertz CT molecular complexity index is 1150. The summed E-state index contributed by atoms with van der Waals surface area (Å²) in [6.45, 7) is 0. The first kappa shape index (κ1) is 16.4. The van der Waals surface area contributed by atoms with Crippen molar-refractivity contribution in [2.75, 3.05) is 0 Å². The number of nitrogens with zero attached hydrogens (tertiary/aromatic N) is 3. The van der Waals surface area contributed by atoms with E-state index in [0.717, 1.165) is 5.56 Å². The molecule has 8 heteroatoms. The van der Waals surface area contributed by atoms with Gasteiger partial charge in [-0.05, 0) is 18.2 Å². The van der Waals surface area contributed by atoms with Gasteiger partial charge in [-0.2, -0.15) is 0 Å². The molecule has 0 radical (unpaired) electrons. The van der Waals surface area contributed by atoms with Gasteiger partial charge in [0.1, 0.15) is 10.7 Å². The number of carbonyl (C=O) groups excluding carboxylic acids is 1. The second kappa shape index (κ2) is 6.70. The fourth-order valence-electron chi connectivity index (χ4n) is 2.49. The molecule has 0 atom stereocenters. The number of aromatic hydroxyl groups is 1. The largest absolute Gasteiger partial charge is 0.493 e. The van der Waals surface area contributed by atoms with Gasteiger partial charge in [0, 0.05) is 21.4 Å². The van der Waals surface area contributed by atoms with Crippen molar-refractivity contribution < 1.29 is 9.90 Å². The van der Waals surface area contributed by atoms with E-state index in [9.17, 15) is 9.90 Å². The number of hydrogen-bond acceptors (Lipinski definition) is 5. The van der Waals surface area contributed by atoms with E-state index in [1.165, 1.54) is 11.3 Å². The number of amides is 1. The van der Waals surface area contributed by atoms with Gasteiger partial charge < -0.3 is 10.1 Å². The Morgan fingerprint density at radius 2 is 2.04 bits per heavy atom. The molecule has 0 aliphatic heterocycles. The highest BCUT2D eigenvalue weighted by Crippen LogP contribution is 2.35. The van der Waals surface area contributed by atoms with Crippen LogP contribution in [0.2, 0.25) is 5.02 Å². The fourth-order valence-corrected chi connectivity index (χ4v) is 3.47. The number of hydrogen-bond donors (Lipinski definition) is 2. The highest BCUT2D eigenvalue weighted by Gasteiger charge is 2.14. The summed E-state index contributed by atoms with van der Waals surface area (Å²) in [4.78, 5) is 19.3. The van der Waals surface area contributed by atoms with Crippen LogP contribution in [0.15, 0.2) is 64.1 Å². The van der Waals surface area contributed by atoms with Gasteiger partial charge in [-0.3, -0.25) is 4.79 Å². The van der Waals surface area contributed by atoms with Crippen molar-refractivity contribution >= 4 is 45.4 Å². The van der Waals surface area contributed by atoms with E-state index in [-0.39, 0.29) is 17.3 Å². The van der Waals surface area contributed by atoms with E-state index in [1.54, 1.807) is 29.6 Å². The van der Waals surface area contributed by atoms with Crippen LogP contribution in [-0.2, 0) is 0 Å². The zero-order valence-corrected chi connectivity index (χ0v) is 14.8. The molecule has 2 N–H and O–H groups in total. The molecule has 1 amide bonds. The molecule has 2 aromatic heterocycles. The van der Waals surface area contributed by atoms with Gasteiger partial charge in [0.2, 0.25) is 5.88 Å². The summed E-state index contributed by atoms with van der Waals surface area (Å²) in [5, 5.41) is 21.1. The normalized spacial score (nSPS) is 11.4. The molecule has 4 aromatic rings. The van der Waals surface area contributed by atoms with Crippen molar-refractivity contribution in [2.24, 2.45) is 10.2 Å². The molecular formula is C18H11ClN4O2S. The van der Waals surface area contributed by atoms with Crippen molar-refractivity contribution in [3.05, 3.63) is 64.6 Å². The molecule has 128 valence electrons. The number of rotatable bonds is 3. The van der Waals surface area contributed by atoms with Gasteiger partial charge in [0.05, 0.1) is 5.52 Å². The average Bonchev–Trinajstić information content (AvgIpc) is 3.24. The highest BCUT2D eigenvalue weighted by atomic mass is 35.5. The number of thiazole rings is 1. The molecule has 0 spiro atoms. The highest BCUT2D eigenvalue weighted by molar-refractivity contribution is 7.13. The van der Waals surface area contributed by atoms with Crippen LogP contribution in [0, 0.1) is 0 Å². The minimum Gasteiger partial charge on any atom is -0.493 e. The topological polar surface area (TPSA) is 90.7 Å². The summed E-state index contributed by atoms with van der Waals surface area (Å²) in [6, 6.07) is 14.5. The number of benzene rings is 2. The van der Waals surface area contributed by atoms with Gasteiger partial charge in [-0.1, -0.05) is 41.9 Å². The first-order valence-corrected chi connectivity index (χ1v) is 8.85. The zero-order chi connectivity index (χ0) is 18.1. The Kier molecular flexibility index (Phi) is 4.24.